The van der Waals surface area contributed by atoms with Gasteiger partial charge in [0.05, 0.1) is 10.5 Å². The number of piperidine rings is 1. The van der Waals surface area contributed by atoms with Crippen LogP contribution in [0.2, 0.25) is 0 Å². The normalized spacial score (nSPS) is 21.8. The number of hydrogen-bond acceptors (Lipinski definition) is 6. The zero-order valence-corrected chi connectivity index (χ0v) is 23.6. The highest BCUT2D eigenvalue weighted by atomic mass is 32.2. The van der Waals surface area contributed by atoms with E-state index in [1.54, 1.807) is 21.6 Å². The lowest BCUT2D eigenvalue weighted by atomic mass is 9.91. The van der Waals surface area contributed by atoms with E-state index in [0.29, 0.717) is 44.6 Å². The number of fused-ring (bicyclic) bond motifs is 1. The molecule has 1 amide bonds. The van der Waals surface area contributed by atoms with Gasteiger partial charge in [-0.25, -0.2) is 4.98 Å². The Morgan fingerprint density at radius 3 is 2.53 bits per heavy atom. The first-order valence-electron chi connectivity index (χ1n) is 13.3. The lowest BCUT2D eigenvalue weighted by Gasteiger charge is -2.36. The Balaban J connectivity index is 1.66. The van der Waals surface area contributed by atoms with Gasteiger partial charge < -0.3 is 4.90 Å². The minimum absolute atomic E-state index is 0.0985. The molecule has 2 unspecified atom stereocenters. The SMILES string of the molecule is CCCCCCCCN1C(=O)C(=Cc2c(N3CC(C)CC(C)C3)nc3c(C)cccn3c2=O)SC1=S. The fraction of sp³-hybridized carbons (Fsp3) is 0.571. The molecule has 194 valence electrons. The molecular weight excluding hydrogens is 488 g/mol. The van der Waals surface area contributed by atoms with Crippen LogP contribution in [0, 0.1) is 18.8 Å². The molecule has 0 bridgehead atoms. The fourth-order valence-electron chi connectivity index (χ4n) is 5.38. The minimum Gasteiger partial charge on any atom is -0.355 e. The number of carbonyl (C=O) groups is 1. The molecule has 0 spiro atoms. The number of thioether (sulfide) groups is 1. The van der Waals surface area contributed by atoms with E-state index in [0.717, 1.165) is 37.9 Å². The number of anilines is 1. The topological polar surface area (TPSA) is 57.9 Å². The maximum atomic E-state index is 13.7. The molecule has 2 aliphatic rings. The highest BCUT2D eigenvalue weighted by Gasteiger charge is 2.33. The summed E-state index contributed by atoms with van der Waals surface area (Å²) in [6.45, 7) is 11.0. The number of rotatable bonds is 9. The Morgan fingerprint density at radius 1 is 1.11 bits per heavy atom. The summed E-state index contributed by atoms with van der Waals surface area (Å²) in [5, 5.41) is 0. The number of amides is 1. The lowest BCUT2D eigenvalue weighted by Crippen LogP contribution is -2.40. The summed E-state index contributed by atoms with van der Waals surface area (Å²) >= 11 is 6.86. The number of carbonyl (C=O) groups excluding carboxylic acids is 1. The highest BCUT2D eigenvalue weighted by molar-refractivity contribution is 8.26. The van der Waals surface area contributed by atoms with Crippen LogP contribution >= 0.6 is 24.0 Å². The average molecular weight is 527 g/mol. The van der Waals surface area contributed by atoms with Gasteiger partial charge in [-0.1, -0.05) is 82.9 Å². The highest BCUT2D eigenvalue weighted by Crippen LogP contribution is 2.35. The fourth-order valence-corrected chi connectivity index (χ4v) is 6.67. The second-order valence-corrected chi connectivity index (χ2v) is 12.2. The predicted molar refractivity (Wildman–Crippen MR) is 155 cm³/mol. The molecule has 8 heteroatoms. The van der Waals surface area contributed by atoms with Crippen molar-refractivity contribution in [2.24, 2.45) is 11.8 Å². The van der Waals surface area contributed by atoms with E-state index in [4.69, 9.17) is 17.2 Å². The summed E-state index contributed by atoms with van der Waals surface area (Å²) in [6.07, 6.45) is 11.6. The van der Waals surface area contributed by atoms with E-state index in [-0.39, 0.29) is 11.5 Å². The zero-order valence-electron chi connectivity index (χ0n) is 22.0. The summed E-state index contributed by atoms with van der Waals surface area (Å²) in [5.74, 6) is 1.59. The summed E-state index contributed by atoms with van der Waals surface area (Å²) in [7, 11) is 0. The van der Waals surface area contributed by atoms with Crippen LogP contribution in [-0.4, -0.2) is 44.1 Å². The first kappa shape index (κ1) is 26.9. The predicted octanol–water partition coefficient (Wildman–Crippen LogP) is 6.05. The van der Waals surface area contributed by atoms with E-state index in [1.807, 2.05) is 19.1 Å². The molecule has 2 atom stereocenters. The van der Waals surface area contributed by atoms with E-state index in [9.17, 15) is 9.59 Å². The first-order valence-corrected chi connectivity index (χ1v) is 14.5. The molecule has 4 rings (SSSR count). The van der Waals surface area contributed by atoms with E-state index >= 15 is 0 Å². The number of pyridine rings is 1. The molecule has 6 nitrogen and oxygen atoms in total. The molecular formula is C28H38N4O2S2. The van der Waals surface area contributed by atoms with Crippen molar-refractivity contribution >= 4 is 51.7 Å². The number of unbranched alkanes of at least 4 members (excludes halogenated alkanes) is 5. The number of aryl methyl sites for hydroxylation is 1. The Kier molecular flexibility index (Phi) is 8.88. The Morgan fingerprint density at radius 2 is 1.81 bits per heavy atom. The lowest BCUT2D eigenvalue weighted by molar-refractivity contribution is -0.122. The average Bonchev–Trinajstić information content (AvgIpc) is 3.10. The van der Waals surface area contributed by atoms with E-state index < -0.39 is 0 Å². The molecule has 4 heterocycles. The van der Waals surface area contributed by atoms with Crippen molar-refractivity contribution in [2.75, 3.05) is 24.5 Å². The van der Waals surface area contributed by atoms with Gasteiger partial charge in [0.15, 0.2) is 0 Å². The van der Waals surface area contributed by atoms with Crippen LogP contribution in [0.15, 0.2) is 28.0 Å². The van der Waals surface area contributed by atoms with Gasteiger partial charge in [0.1, 0.15) is 15.8 Å². The third-order valence-electron chi connectivity index (χ3n) is 7.12. The van der Waals surface area contributed by atoms with Crippen LogP contribution in [-0.2, 0) is 4.79 Å². The first-order chi connectivity index (χ1) is 17.3. The second kappa shape index (κ2) is 11.9. The maximum absolute atomic E-state index is 13.7. The summed E-state index contributed by atoms with van der Waals surface area (Å²) in [4.78, 5) is 36.5. The largest absolute Gasteiger partial charge is 0.355 e. The zero-order chi connectivity index (χ0) is 25.8. The van der Waals surface area contributed by atoms with Gasteiger partial charge in [0, 0.05) is 25.8 Å². The van der Waals surface area contributed by atoms with Crippen molar-refractivity contribution in [2.45, 2.75) is 72.6 Å². The molecule has 0 radical (unpaired) electrons. The summed E-state index contributed by atoms with van der Waals surface area (Å²) in [6, 6.07) is 3.83. The van der Waals surface area contributed by atoms with Crippen molar-refractivity contribution in [3.8, 4) is 0 Å². The van der Waals surface area contributed by atoms with Gasteiger partial charge in [0.2, 0.25) is 0 Å². The molecule has 0 aromatic carbocycles. The molecule has 2 aliphatic heterocycles. The maximum Gasteiger partial charge on any atom is 0.267 e. The Hall–Kier alpha value is -2.19. The third-order valence-corrected chi connectivity index (χ3v) is 8.49. The molecule has 2 aromatic heterocycles. The van der Waals surface area contributed by atoms with Gasteiger partial charge in [-0.3, -0.25) is 18.9 Å². The number of hydrogen-bond donors (Lipinski definition) is 0. The Labute approximate surface area is 224 Å². The second-order valence-electron chi connectivity index (χ2n) is 10.5. The monoisotopic (exact) mass is 526 g/mol. The van der Waals surface area contributed by atoms with Crippen LogP contribution in [0.5, 0.6) is 0 Å². The molecule has 0 saturated carbocycles. The van der Waals surface area contributed by atoms with E-state index in [1.165, 1.54) is 37.4 Å². The quantitative estimate of drug-likeness (QED) is 0.225. The number of thiocarbonyl (C=S) groups is 1. The Bertz CT molecular complexity index is 1210. The molecule has 2 fully saturated rings. The summed E-state index contributed by atoms with van der Waals surface area (Å²) in [5.41, 5.74) is 1.94. The van der Waals surface area contributed by atoms with Crippen LogP contribution in [0.25, 0.3) is 11.7 Å². The third kappa shape index (κ3) is 5.86. The molecule has 2 aromatic rings. The molecule has 0 aliphatic carbocycles. The standard InChI is InChI=1S/C28H38N4O2S2/c1-5-6-7-8-9-10-13-32-27(34)23(36-28(32)35)16-22-25(30-17-19(2)15-20(3)18-30)29-24-21(4)12-11-14-31(24)26(22)33/h11-12,14,16,19-20H,5-10,13,15,17-18H2,1-4H3. The molecule has 36 heavy (non-hydrogen) atoms. The molecule has 2 saturated heterocycles. The van der Waals surface area contributed by atoms with Crippen LogP contribution < -0.4 is 10.5 Å². The van der Waals surface area contributed by atoms with E-state index in [2.05, 4.69) is 25.7 Å². The smallest absolute Gasteiger partial charge is 0.267 e. The van der Waals surface area contributed by atoms with Gasteiger partial charge >= 0.3 is 0 Å². The summed E-state index contributed by atoms with van der Waals surface area (Å²) < 4.78 is 2.17. The van der Waals surface area contributed by atoms with Gasteiger partial charge in [-0.15, -0.1) is 0 Å². The molecule has 0 N–H and O–H groups in total. The van der Waals surface area contributed by atoms with Gasteiger partial charge in [0.25, 0.3) is 11.5 Å². The van der Waals surface area contributed by atoms with Crippen molar-refractivity contribution in [1.29, 1.82) is 0 Å². The van der Waals surface area contributed by atoms with Crippen molar-refractivity contribution in [3.63, 3.8) is 0 Å². The van der Waals surface area contributed by atoms with Gasteiger partial charge in [-0.2, -0.15) is 0 Å². The number of aromatic nitrogens is 2. The van der Waals surface area contributed by atoms with Crippen molar-refractivity contribution in [3.05, 3.63) is 44.7 Å². The van der Waals surface area contributed by atoms with Crippen molar-refractivity contribution < 1.29 is 4.79 Å². The van der Waals surface area contributed by atoms with Crippen LogP contribution in [0.4, 0.5) is 5.82 Å². The van der Waals surface area contributed by atoms with Crippen LogP contribution in [0.1, 0.15) is 76.8 Å². The van der Waals surface area contributed by atoms with Crippen LogP contribution in [0.3, 0.4) is 0 Å². The van der Waals surface area contributed by atoms with Crippen molar-refractivity contribution in [1.82, 2.24) is 14.3 Å². The van der Waals surface area contributed by atoms with Gasteiger partial charge in [-0.05, 0) is 49.3 Å². The number of nitrogens with zero attached hydrogens (tertiary/aromatic N) is 4. The minimum atomic E-state index is -0.147.